The van der Waals surface area contributed by atoms with E-state index in [0.29, 0.717) is 6.54 Å². The minimum absolute atomic E-state index is 0.628. The summed E-state index contributed by atoms with van der Waals surface area (Å²) in [7, 11) is 0. The summed E-state index contributed by atoms with van der Waals surface area (Å²) in [4.78, 5) is 0. The third kappa shape index (κ3) is 2.29. The van der Waals surface area contributed by atoms with Crippen molar-refractivity contribution in [2.24, 2.45) is 5.73 Å². The first-order valence-corrected chi connectivity index (χ1v) is 7.00. The van der Waals surface area contributed by atoms with Gasteiger partial charge < -0.3 is 5.73 Å². The van der Waals surface area contributed by atoms with Crippen molar-refractivity contribution in [1.82, 2.24) is 9.78 Å². The predicted molar refractivity (Wildman–Crippen MR) is 81.5 cm³/mol. The lowest BCUT2D eigenvalue weighted by Gasteiger charge is -2.10. The fraction of sp³-hybridized carbons (Fsp3) is 0.133. The summed E-state index contributed by atoms with van der Waals surface area (Å²) >= 11 is 3.51. The Morgan fingerprint density at radius 3 is 2.84 bits per heavy atom. The van der Waals surface area contributed by atoms with Gasteiger partial charge in [0.1, 0.15) is 0 Å². The van der Waals surface area contributed by atoms with Crippen LogP contribution in [0.5, 0.6) is 0 Å². The third-order valence-electron chi connectivity index (χ3n) is 3.16. The standard InChI is InChI=1S/C15H14BrN3/c16-13-5-6-15(11(9-13)7-8-17)19-14-4-2-1-3-12(14)10-18-19/h1-6,9-10H,7-8,17H2. The Morgan fingerprint density at radius 1 is 1.16 bits per heavy atom. The normalized spacial score (nSPS) is 11.1. The number of halogens is 1. The van der Waals surface area contributed by atoms with Gasteiger partial charge >= 0.3 is 0 Å². The van der Waals surface area contributed by atoms with Crippen molar-refractivity contribution >= 4 is 26.8 Å². The van der Waals surface area contributed by atoms with E-state index in [0.717, 1.165) is 27.5 Å². The van der Waals surface area contributed by atoms with Crippen molar-refractivity contribution in [3.63, 3.8) is 0 Å². The van der Waals surface area contributed by atoms with Crippen LogP contribution in [0.1, 0.15) is 5.56 Å². The Labute approximate surface area is 120 Å². The summed E-state index contributed by atoms with van der Waals surface area (Å²) < 4.78 is 3.04. The number of nitrogens with zero attached hydrogens (tertiary/aromatic N) is 2. The number of nitrogens with two attached hydrogens (primary N) is 1. The van der Waals surface area contributed by atoms with Crippen LogP contribution in [-0.2, 0) is 6.42 Å². The first-order chi connectivity index (χ1) is 9.29. The van der Waals surface area contributed by atoms with Gasteiger partial charge in [-0.25, -0.2) is 4.68 Å². The second-order valence-corrected chi connectivity index (χ2v) is 5.34. The van der Waals surface area contributed by atoms with Crippen LogP contribution < -0.4 is 5.73 Å². The molecule has 0 radical (unpaired) electrons. The highest BCUT2D eigenvalue weighted by atomic mass is 79.9. The van der Waals surface area contributed by atoms with Gasteiger partial charge in [-0.15, -0.1) is 0 Å². The molecule has 0 atom stereocenters. The van der Waals surface area contributed by atoms with Crippen molar-refractivity contribution in [2.45, 2.75) is 6.42 Å². The van der Waals surface area contributed by atoms with Crippen LogP contribution in [0, 0.1) is 0 Å². The lowest BCUT2D eigenvalue weighted by Crippen LogP contribution is -2.07. The summed E-state index contributed by atoms with van der Waals surface area (Å²) in [6.07, 6.45) is 2.73. The maximum atomic E-state index is 5.70. The lowest BCUT2D eigenvalue weighted by atomic mass is 10.1. The predicted octanol–water partition coefficient (Wildman–Crippen LogP) is 3.29. The molecular weight excluding hydrogens is 302 g/mol. The van der Waals surface area contributed by atoms with Crippen molar-refractivity contribution in [3.05, 3.63) is 58.7 Å². The molecule has 0 amide bonds. The molecule has 2 aromatic carbocycles. The van der Waals surface area contributed by atoms with E-state index in [1.54, 1.807) is 0 Å². The average molecular weight is 316 g/mol. The van der Waals surface area contributed by atoms with E-state index in [-0.39, 0.29) is 0 Å². The van der Waals surface area contributed by atoms with Gasteiger partial charge in [-0.1, -0.05) is 34.1 Å². The second-order valence-electron chi connectivity index (χ2n) is 4.43. The van der Waals surface area contributed by atoms with Gasteiger partial charge in [0.15, 0.2) is 0 Å². The number of rotatable bonds is 3. The van der Waals surface area contributed by atoms with E-state index in [1.807, 2.05) is 29.1 Å². The molecule has 0 unspecified atom stereocenters. The molecule has 0 saturated carbocycles. The molecule has 0 fully saturated rings. The molecular formula is C15H14BrN3. The van der Waals surface area contributed by atoms with Crippen LogP contribution in [0.3, 0.4) is 0 Å². The summed E-state index contributed by atoms with van der Waals surface area (Å²) in [5.41, 5.74) is 9.11. The van der Waals surface area contributed by atoms with Crippen LogP contribution in [0.25, 0.3) is 16.6 Å². The highest BCUT2D eigenvalue weighted by Gasteiger charge is 2.09. The van der Waals surface area contributed by atoms with Gasteiger partial charge in [0, 0.05) is 9.86 Å². The first kappa shape index (κ1) is 12.4. The molecule has 96 valence electrons. The topological polar surface area (TPSA) is 43.8 Å². The van der Waals surface area contributed by atoms with Crippen LogP contribution in [0.4, 0.5) is 0 Å². The van der Waals surface area contributed by atoms with Crippen molar-refractivity contribution in [2.75, 3.05) is 6.54 Å². The Balaban J connectivity index is 2.21. The number of hydrogen-bond donors (Lipinski definition) is 1. The second kappa shape index (κ2) is 5.15. The van der Waals surface area contributed by atoms with E-state index in [4.69, 9.17) is 5.73 Å². The molecule has 3 aromatic rings. The zero-order valence-electron chi connectivity index (χ0n) is 10.4. The molecule has 1 heterocycles. The summed E-state index contributed by atoms with van der Waals surface area (Å²) in [5.74, 6) is 0. The molecule has 0 aliphatic carbocycles. The zero-order chi connectivity index (χ0) is 13.2. The summed E-state index contributed by atoms with van der Waals surface area (Å²) in [5, 5.41) is 5.64. The average Bonchev–Trinajstić information content (AvgIpc) is 2.83. The quantitative estimate of drug-likeness (QED) is 0.806. The molecule has 3 rings (SSSR count). The van der Waals surface area contributed by atoms with Crippen molar-refractivity contribution < 1.29 is 0 Å². The van der Waals surface area contributed by atoms with Crippen molar-refractivity contribution in [3.8, 4) is 5.69 Å². The minimum Gasteiger partial charge on any atom is -0.330 e. The first-order valence-electron chi connectivity index (χ1n) is 6.21. The number of benzene rings is 2. The van der Waals surface area contributed by atoms with Crippen LogP contribution in [-0.4, -0.2) is 16.3 Å². The molecule has 1 aromatic heterocycles. The third-order valence-corrected chi connectivity index (χ3v) is 3.65. The Hall–Kier alpha value is -1.65. The van der Waals surface area contributed by atoms with Crippen LogP contribution in [0.15, 0.2) is 53.1 Å². The van der Waals surface area contributed by atoms with Gasteiger partial charge in [0.2, 0.25) is 0 Å². The Morgan fingerprint density at radius 2 is 2.00 bits per heavy atom. The maximum absolute atomic E-state index is 5.70. The smallest absolute Gasteiger partial charge is 0.0741 e. The molecule has 0 aliphatic rings. The van der Waals surface area contributed by atoms with Gasteiger partial charge in [-0.2, -0.15) is 5.10 Å². The highest BCUT2D eigenvalue weighted by molar-refractivity contribution is 9.10. The van der Waals surface area contributed by atoms with E-state index in [9.17, 15) is 0 Å². The van der Waals surface area contributed by atoms with E-state index in [2.05, 4.69) is 45.3 Å². The number of para-hydroxylation sites is 1. The summed E-state index contributed by atoms with van der Waals surface area (Å²) in [6.45, 7) is 0.628. The molecule has 0 saturated heterocycles. The van der Waals surface area contributed by atoms with E-state index in [1.165, 1.54) is 5.56 Å². The molecule has 2 N–H and O–H groups in total. The molecule has 0 spiro atoms. The number of fused-ring (bicyclic) bond motifs is 1. The van der Waals surface area contributed by atoms with E-state index < -0.39 is 0 Å². The fourth-order valence-corrected chi connectivity index (χ4v) is 2.69. The molecule has 19 heavy (non-hydrogen) atoms. The van der Waals surface area contributed by atoms with Crippen LogP contribution >= 0.6 is 15.9 Å². The minimum atomic E-state index is 0.628. The maximum Gasteiger partial charge on any atom is 0.0741 e. The van der Waals surface area contributed by atoms with Crippen molar-refractivity contribution in [1.29, 1.82) is 0 Å². The number of hydrogen-bond acceptors (Lipinski definition) is 2. The fourth-order valence-electron chi connectivity index (χ4n) is 2.28. The lowest BCUT2D eigenvalue weighted by molar-refractivity contribution is 0.872. The van der Waals surface area contributed by atoms with Gasteiger partial charge in [0.25, 0.3) is 0 Å². The summed E-state index contributed by atoms with van der Waals surface area (Å²) in [6, 6.07) is 14.4. The number of aromatic nitrogens is 2. The van der Waals surface area contributed by atoms with Gasteiger partial charge in [-0.3, -0.25) is 0 Å². The van der Waals surface area contributed by atoms with E-state index >= 15 is 0 Å². The molecule has 0 bridgehead atoms. The molecule has 4 heteroatoms. The molecule has 0 aliphatic heterocycles. The Bertz CT molecular complexity index is 718. The monoisotopic (exact) mass is 315 g/mol. The van der Waals surface area contributed by atoms with Gasteiger partial charge in [-0.05, 0) is 42.8 Å². The van der Waals surface area contributed by atoms with Crippen LogP contribution in [0.2, 0.25) is 0 Å². The largest absolute Gasteiger partial charge is 0.330 e. The SMILES string of the molecule is NCCc1cc(Br)ccc1-n1ncc2ccccc21. The highest BCUT2D eigenvalue weighted by Crippen LogP contribution is 2.24. The zero-order valence-corrected chi connectivity index (χ0v) is 12.0. The molecule has 3 nitrogen and oxygen atoms in total. The van der Waals surface area contributed by atoms with Gasteiger partial charge in [0.05, 0.1) is 17.4 Å². The Kier molecular flexibility index (Phi) is 3.36.